The number of aromatic hydroxyl groups is 1. The highest BCUT2D eigenvalue weighted by atomic mass is 19.1. The fraction of sp³-hybridized carbons (Fsp3) is 0.571. The molecule has 4 heteroatoms. The lowest BCUT2D eigenvalue weighted by molar-refractivity contribution is 0.203. The molecule has 18 heavy (non-hydrogen) atoms. The summed E-state index contributed by atoms with van der Waals surface area (Å²) in [5.41, 5.74) is 0.662. The average Bonchev–Trinajstić information content (AvgIpc) is 2.26. The maximum absolute atomic E-state index is 12.9. The van der Waals surface area contributed by atoms with Crippen LogP contribution in [0.25, 0.3) is 0 Å². The standard InChI is InChI=1S/C14H22FNO2/c1-10(16-9-14(2,3)6-7-17)12-5-4-11(15)8-13(12)18/h4-5,8,10,16-18H,6-7,9H2,1-3H3. The van der Waals surface area contributed by atoms with Crippen molar-refractivity contribution in [3.05, 3.63) is 29.6 Å². The molecule has 0 heterocycles. The molecule has 0 saturated carbocycles. The first-order valence-electron chi connectivity index (χ1n) is 6.18. The van der Waals surface area contributed by atoms with Gasteiger partial charge >= 0.3 is 0 Å². The highest BCUT2D eigenvalue weighted by Gasteiger charge is 2.19. The van der Waals surface area contributed by atoms with Gasteiger partial charge in [-0.1, -0.05) is 19.9 Å². The smallest absolute Gasteiger partial charge is 0.126 e. The molecule has 0 aliphatic rings. The molecule has 1 unspecified atom stereocenters. The van der Waals surface area contributed by atoms with Gasteiger partial charge in [-0.25, -0.2) is 4.39 Å². The van der Waals surface area contributed by atoms with Crippen molar-refractivity contribution < 1.29 is 14.6 Å². The molecule has 0 aliphatic heterocycles. The fourth-order valence-corrected chi connectivity index (χ4v) is 1.81. The third-order valence-corrected chi connectivity index (χ3v) is 3.13. The minimum absolute atomic E-state index is 0.0152. The topological polar surface area (TPSA) is 52.5 Å². The predicted molar refractivity (Wildman–Crippen MR) is 70.0 cm³/mol. The first-order valence-corrected chi connectivity index (χ1v) is 6.18. The van der Waals surface area contributed by atoms with E-state index in [0.29, 0.717) is 18.5 Å². The third kappa shape index (κ3) is 4.27. The molecule has 0 amide bonds. The van der Waals surface area contributed by atoms with Crippen molar-refractivity contribution in [2.75, 3.05) is 13.2 Å². The Bertz CT molecular complexity index is 393. The summed E-state index contributed by atoms with van der Waals surface area (Å²) in [6.07, 6.45) is 0.710. The van der Waals surface area contributed by atoms with Gasteiger partial charge in [-0.15, -0.1) is 0 Å². The number of halogens is 1. The molecule has 0 aliphatic carbocycles. The molecule has 0 fully saturated rings. The summed E-state index contributed by atoms with van der Waals surface area (Å²) in [5, 5.41) is 21.9. The summed E-state index contributed by atoms with van der Waals surface area (Å²) in [5.74, 6) is -0.473. The zero-order valence-corrected chi connectivity index (χ0v) is 11.2. The van der Waals surface area contributed by atoms with E-state index in [2.05, 4.69) is 19.2 Å². The van der Waals surface area contributed by atoms with Gasteiger partial charge in [-0.3, -0.25) is 0 Å². The molecule has 1 rings (SSSR count). The summed E-state index contributed by atoms with van der Waals surface area (Å²) in [4.78, 5) is 0. The van der Waals surface area contributed by atoms with Gasteiger partial charge < -0.3 is 15.5 Å². The molecule has 1 aromatic rings. The van der Waals surface area contributed by atoms with Crippen LogP contribution in [0.3, 0.4) is 0 Å². The molecule has 102 valence electrons. The minimum Gasteiger partial charge on any atom is -0.508 e. The zero-order valence-electron chi connectivity index (χ0n) is 11.2. The summed E-state index contributed by atoms with van der Waals surface area (Å²) in [7, 11) is 0. The van der Waals surface area contributed by atoms with Crippen molar-refractivity contribution >= 4 is 0 Å². The van der Waals surface area contributed by atoms with Gasteiger partial charge in [0.15, 0.2) is 0 Å². The molecule has 1 aromatic carbocycles. The molecule has 0 aromatic heterocycles. The SMILES string of the molecule is CC(NCC(C)(C)CCO)c1ccc(F)cc1O. The highest BCUT2D eigenvalue weighted by molar-refractivity contribution is 5.34. The predicted octanol–water partition coefficient (Wildman–Crippen LogP) is 2.59. The van der Waals surface area contributed by atoms with Crippen LogP contribution < -0.4 is 5.32 Å². The van der Waals surface area contributed by atoms with Crippen LogP contribution in [-0.4, -0.2) is 23.4 Å². The molecule has 0 radical (unpaired) electrons. The second-order valence-electron chi connectivity index (χ2n) is 5.44. The van der Waals surface area contributed by atoms with Gasteiger partial charge in [0, 0.05) is 30.8 Å². The van der Waals surface area contributed by atoms with Gasteiger partial charge in [0.05, 0.1) is 0 Å². The number of hydrogen-bond acceptors (Lipinski definition) is 3. The first kappa shape index (κ1) is 14.9. The number of phenols is 1. The molecule has 0 spiro atoms. The number of hydrogen-bond donors (Lipinski definition) is 3. The third-order valence-electron chi connectivity index (χ3n) is 3.13. The molecule has 3 N–H and O–H groups in total. The van der Waals surface area contributed by atoms with Crippen molar-refractivity contribution in [1.29, 1.82) is 0 Å². The van der Waals surface area contributed by atoms with Crippen LogP contribution in [-0.2, 0) is 0 Å². The number of aliphatic hydroxyl groups is 1. The van der Waals surface area contributed by atoms with E-state index in [4.69, 9.17) is 5.11 Å². The number of benzene rings is 1. The summed E-state index contributed by atoms with van der Waals surface area (Å²) in [6.45, 7) is 6.92. The van der Waals surface area contributed by atoms with Crippen molar-refractivity contribution in [3.63, 3.8) is 0 Å². The molecular formula is C14H22FNO2. The quantitative estimate of drug-likeness (QED) is 0.732. The van der Waals surface area contributed by atoms with E-state index in [-0.39, 0.29) is 23.8 Å². The van der Waals surface area contributed by atoms with Crippen molar-refractivity contribution in [2.45, 2.75) is 33.2 Å². The van der Waals surface area contributed by atoms with E-state index >= 15 is 0 Å². The second kappa shape index (κ2) is 6.16. The van der Waals surface area contributed by atoms with Crippen LogP contribution in [0.15, 0.2) is 18.2 Å². The largest absolute Gasteiger partial charge is 0.508 e. The van der Waals surface area contributed by atoms with Crippen LogP contribution in [0.1, 0.15) is 38.8 Å². The summed E-state index contributed by atoms with van der Waals surface area (Å²) >= 11 is 0. The Balaban J connectivity index is 2.63. The molecule has 0 bridgehead atoms. The normalized spacial score (nSPS) is 13.6. The number of nitrogens with one attached hydrogen (secondary N) is 1. The fourth-order valence-electron chi connectivity index (χ4n) is 1.81. The maximum atomic E-state index is 12.9. The summed E-state index contributed by atoms with van der Waals surface area (Å²) < 4.78 is 12.9. The molecule has 0 saturated heterocycles. The lowest BCUT2D eigenvalue weighted by atomic mass is 9.89. The number of aliphatic hydroxyl groups excluding tert-OH is 1. The Kier molecular flexibility index (Phi) is 5.11. The molecule has 1 atom stereocenters. The van der Waals surface area contributed by atoms with Crippen LogP contribution in [0.5, 0.6) is 5.75 Å². The Hall–Kier alpha value is -1.13. The van der Waals surface area contributed by atoms with Gasteiger partial charge in [-0.05, 0) is 24.8 Å². The Morgan fingerprint density at radius 1 is 1.39 bits per heavy atom. The number of rotatable bonds is 6. The van der Waals surface area contributed by atoms with E-state index in [9.17, 15) is 9.50 Å². The lowest BCUT2D eigenvalue weighted by Crippen LogP contribution is -2.32. The average molecular weight is 255 g/mol. The zero-order chi connectivity index (χ0) is 13.8. The van der Waals surface area contributed by atoms with Crippen LogP contribution in [0, 0.1) is 11.2 Å². The first-order chi connectivity index (χ1) is 8.35. The van der Waals surface area contributed by atoms with Gasteiger partial charge in [-0.2, -0.15) is 0 Å². The van der Waals surface area contributed by atoms with Crippen molar-refractivity contribution in [3.8, 4) is 5.75 Å². The van der Waals surface area contributed by atoms with Crippen LogP contribution >= 0.6 is 0 Å². The van der Waals surface area contributed by atoms with Crippen LogP contribution in [0.4, 0.5) is 4.39 Å². The second-order valence-corrected chi connectivity index (χ2v) is 5.44. The molecule has 3 nitrogen and oxygen atoms in total. The van der Waals surface area contributed by atoms with E-state index < -0.39 is 5.82 Å². The van der Waals surface area contributed by atoms with E-state index in [1.165, 1.54) is 6.07 Å². The monoisotopic (exact) mass is 255 g/mol. The van der Waals surface area contributed by atoms with E-state index in [1.807, 2.05) is 6.92 Å². The van der Waals surface area contributed by atoms with Crippen molar-refractivity contribution in [1.82, 2.24) is 5.32 Å². The van der Waals surface area contributed by atoms with E-state index in [1.54, 1.807) is 6.07 Å². The minimum atomic E-state index is -0.441. The van der Waals surface area contributed by atoms with E-state index in [0.717, 1.165) is 6.07 Å². The van der Waals surface area contributed by atoms with Gasteiger partial charge in [0.2, 0.25) is 0 Å². The molecular weight excluding hydrogens is 233 g/mol. The summed E-state index contributed by atoms with van der Waals surface area (Å²) in [6, 6.07) is 3.98. The Labute approximate surface area is 108 Å². The lowest BCUT2D eigenvalue weighted by Gasteiger charge is -2.26. The Morgan fingerprint density at radius 3 is 2.61 bits per heavy atom. The highest BCUT2D eigenvalue weighted by Crippen LogP contribution is 2.26. The Morgan fingerprint density at radius 2 is 2.06 bits per heavy atom. The van der Waals surface area contributed by atoms with Crippen molar-refractivity contribution in [2.24, 2.45) is 5.41 Å². The van der Waals surface area contributed by atoms with Gasteiger partial charge in [0.1, 0.15) is 11.6 Å². The van der Waals surface area contributed by atoms with Gasteiger partial charge in [0.25, 0.3) is 0 Å². The maximum Gasteiger partial charge on any atom is 0.126 e. The van der Waals surface area contributed by atoms with Crippen LogP contribution in [0.2, 0.25) is 0 Å². The number of phenolic OH excluding ortho intramolecular Hbond substituents is 1.